The van der Waals surface area contributed by atoms with Gasteiger partial charge in [0.1, 0.15) is 5.69 Å². The summed E-state index contributed by atoms with van der Waals surface area (Å²) in [5, 5.41) is 15.7. The minimum absolute atomic E-state index is 0.140. The van der Waals surface area contributed by atoms with Crippen molar-refractivity contribution >= 4 is 29.9 Å². The van der Waals surface area contributed by atoms with Crippen LogP contribution < -0.4 is 16.0 Å². The van der Waals surface area contributed by atoms with Gasteiger partial charge in [0, 0.05) is 25.7 Å². The van der Waals surface area contributed by atoms with Gasteiger partial charge in [-0.25, -0.2) is 15.0 Å². The van der Waals surface area contributed by atoms with Crippen LogP contribution in [0.5, 0.6) is 0 Å². The number of hydrogen-bond acceptors (Lipinski definition) is 8. The molecule has 1 aliphatic heterocycles. The van der Waals surface area contributed by atoms with Crippen molar-refractivity contribution in [2.24, 2.45) is 33.6 Å². The van der Waals surface area contributed by atoms with Crippen LogP contribution in [0.1, 0.15) is 97.7 Å². The minimum Gasteiger partial charge on any atom is -0.409 e. The molecule has 4 N–H and O–H groups in total. The number of anilines is 2. The second kappa shape index (κ2) is 13.9. The zero-order valence-electron chi connectivity index (χ0n) is 23.8. The molecule has 9 nitrogen and oxygen atoms in total. The number of amidine groups is 1. The Morgan fingerprint density at radius 3 is 2.32 bits per heavy atom. The molecule has 3 aliphatic rings. The first-order valence-electron chi connectivity index (χ1n) is 14.3. The van der Waals surface area contributed by atoms with Crippen molar-refractivity contribution in [2.75, 3.05) is 30.5 Å². The lowest BCUT2D eigenvalue weighted by molar-refractivity contribution is 0.209. The quantitative estimate of drug-likeness (QED) is 0.170. The fourth-order valence-electron chi connectivity index (χ4n) is 5.87. The van der Waals surface area contributed by atoms with Gasteiger partial charge in [-0.3, -0.25) is 4.90 Å². The lowest BCUT2D eigenvalue weighted by Gasteiger charge is -2.35. The zero-order chi connectivity index (χ0) is 26.9. The van der Waals surface area contributed by atoms with Crippen LogP contribution in [0.25, 0.3) is 0 Å². The standard InChI is InChI=1S/C21H36N8O.C7H14/c1-13(2)16-10-7-11-29(16)12-28(5)17-19(23-4)25-21(18(22)27-30)26-20(17)24-14(3)15-8-6-9-15;1-7-5-3-2-4-6-7/h13-16,30H,4,6-12H2,1-3,5H3,(H2,22,27)(H,24,25,26);7H,2-6H2,1H3/t14-,16?;/m1./s1. The topological polar surface area (TPSA) is 115 Å². The van der Waals surface area contributed by atoms with Crippen LogP contribution >= 0.6 is 0 Å². The molecule has 2 heterocycles. The van der Waals surface area contributed by atoms with E-state index in [1.165, 1.54) is 64.2 Å². The van der Waals surface area contributed by atoms with Crippen molar-refractivity contribution in [2.45, 2.75) is 104 Å². The highest BCUT2D eigenvalue weighted by Crippen LogP contribution is 2.37. The molecule has 0 amide bonds. The highest BCUT2D eigenvalue weighted by molar-refractivity contribution is 5.95. The lowest BCUT2D eigenvalue weighted by atomic mass is 9.80. The highest BCUT2D eigenvalue weighted by Gasteiger charge is 2.30. The predicted octanol–water partition coefficient (Wildman–Crippen LogP) is 5.60. The Morgan fingerprint density at radius 1 is 1.11 bits per heavy atom. The van der Waals surface area contributed by atoms with Crippen molar-refractivity contribution in [1.82, 2.24) is 14.9 Å². The third-order valence-corrected chi connectivity index (χ3v) is 8.43. The SMILES string of the molecule is C=Nc1nc(/C(N)=N/O)nc(N[C@H](C)C2CCC2)c1N(C)CN1CCCC1C(C)C.CC1CCCCC1. The van der Waals surface area contributed by atoms with Gasteiger partial charge in [-0.05, 0) is 57.1 Å². The van der Waals surface area contributed by atoms with Crippen LogP contribution in [0.4, 0.5) is 17.3 Å². The molecule has 0 radical (unpaired) electrons. The maximum atomic E-state index is 9.11. The number of nitrogens with zero attached hydrogens (tertiary/aromatic N) is 6. The number of rotatable bonds is 9. The number of hydrogen-bond donors (Lipinski definition) is 3. The molecule has 4 rings (SSSR count). The largest absolute Gasteiger partial charge is 0.409 e. The monoisotopic (exact) mass is 514 g/mol. The molecule has 2 aliphatic carbocycles. The molecule has 1 aromatic heterocycles. The van der Waals surface area contributed by atoms with E-state index >= 15 is 0 Å². The van der Waals surface area contributed by atoms with Gasteiger partial charge in [0.05, 0.1) is 6.67 Å². The maximum absolute atomic E-state index is 9.11. The van der Waals surface area contributed by atoms with E-state index in [9.17, 15) is 0 Å². The Labute approximate surface area is 224 Å². The van der Waals surface area contributed by atoms with Crippen LogP contribution in [0.15, 0.2) is 10.1 Å². The predicted molar refractivity (Wildman–Crippen MR) is 154 cm³/mol. The second-order valence-corrected chi connectivity index (χ2v) is 11.7. The molecule has 0 bridgehead atoms. The maximum Gasteiger partial charge on any atom is 0.208 e. The number of likely N-dealkylation sites (tertiary alicyclic amines) is 1. The first-order valence-corrected chi connectivity index (χ1v) is 14.3. The first kappa shape index (κ1) is 29.1. The minimum atomic E-state index is -0.145. The van der Waals surface area contributed by atoms with Gasteiger partial charge < -0.3 is 21.2 Å². The molecule has 0 aromatic carbocycles. The normalized spacial score (nSPS) is 22.2. The van der Waals surface area contributed by atoms with Gasteiger partial charge in [0.15, 0.2) is 11.6 Å². The molecular formula is C28H50N8O. The number of nitrogens with two attached hydrogens (primary N) is 1. The molecule has 2 saturated carbocycles. The molecule has 0 spiro atoms. The number of aromatic nitrogens is 2. The van der Waals surface area contributed by atoms with Crippen LogP contribution in [0.3, 0.4) is 0 Å². The van der Waals surface area contributed by atoms with Crippen LogP contribution in [0.2, 0.25) is 0 Å². The van der Waals surface area contributed by atoms with Gasteiger partial charge in [0.25, 0.3) is 0 Å². The number of aliphatic imine (C=N–C) groups is 1. The number of nitrogens with one attached hydrogen (secondary N) is 1. The molecule has 1 saturated heterocycles. The Balaban J connectivity index is 0.000000468. The molecular weight excluding hydrogens is 464 g/mol. The summed E-state index contributed by atoms with van der Waals surface area (Å²) in [6.45, 7) is 14.6. The summed E-state index contributed by atoms with van der Waals surface area (Å²) in [6.07, 6.45) is 13.6. The Kier molecular flexibility index (Phi) is 11.0. The van der Waals surface area contributed by atoms with E-state index in [0.717, 1.165) is 24.8 Å². The van der Waals surface area contributed by atoms with E-state index in [1.54, 1.807) is 0 Å². The second-order valence-electron chi connectivity index (χ2n) is 11.7. The van der Waals surface area contributed by atoms with Gasteiger partial charge in [-0.15, -0.1) is 0 Å². The van der Waals surface area contributed by atoms with Crippen molar-refractivity contribution in [3.63, 3.8) is 0 Å². The fraction of sp³-hybridized carbons (Fsp3) is 0.786. The third kappa shape index (κ3) is 7.79. The van der Waals surface area contributed by atoms with E-state index in [2.05, 4.69) is 69.6 Å². The first-order chi connectivity index (χ1) is 17.7. The fourth-order valence-corrected chi connectivity index (χ4v) is 5.87. The van der Waals surface area contributed by atoms with Gasteiger partial charge >= 0.3 is 0 Å². The van der Waals surface area contributed by atoms with Crippen molar-refractivity contribution in [3.05, 3.63) is 5.82 Å². The van der Waals surface area contributed by atoms with Crippen molar-refractivity contribution < 1.29 is 5.21 Å². The summed E-state index contributed by atoms with van der Waals surface area (Å²) in [4.78, 5) is 17.8. The van der Waals surface area contributed by atoms with Crippen LogP contribution in [-0.4, -0.2) is 65.0 Å². The van der Waals surface area contributed by atoms with E-state index < -0.39 is 0 Å². The molecule has 2 atom stereocenters. The summed E-state index contributed by atoms with van der Waals surface area (Å²) in [6, 6.07) is 0.823. The van der Waals surface area contributed by atoms with E-state index in [0.29, 0.717) is 29.5 Å². The molecule has 3 fully saturated rings. The summed E-state index contributed by atoms with van der Waals surface area (Å²) in [5.41, 5.74) is 6.58. The zero-order valence-corrected chi connectivity index (χ0v) is 23.8. The van der Waals surface area contributed by atoms with E-state index in [-0.39, 0.29) is 17.7 Å². The van der Waals surface area contributed by atoms with Gasteiger partial charge in [-0.2, -0.15) is 0 Å². The van der Waals surface area contributed by atoms with Gasteiger partial charge in [-0.1, -0.05) is 64.5 Å². The van der Waals surface area contributed by atoms with Crippen molar-refractivity contribution in [1.29, 1.82) is 0 Å². The number of oxime groups is 1. The Bertz CT molecular complexity index is 894. The molecule has 9 heteroatoms. The van der Waals surface area contributed by atoms with Crippen molar-refractivity contribution in [3.8, 4) is 0 Å². The van der Waals surface area contributed by atoms with Crippen LogP contribution in [-0.2, 0) is 0 Å². The summed E-state index contributed by atoms with van der Waals surface area (Å²) in [7, 11) is 2.03. The van der Waals surface area contributed by atoms with E-state index in [4.69, 9.17) is 10.9 Å². The molecule has 1 aromatic rings. The third-order valence-electron chi connectivity index (χ3n) is 8.43. The smallest absolute Gasteiger partial charge is 0.208 e. The molecule has 37 heavy (non-hydrogen) atoms. The molecule has 1 unspecified atom stereocenters. The van der Waals surface area contributed by atoms with E-state index in [1.807, 2.05) is 7.05 Å². The average Bonchev–Trinajstić information content (AvgIpc) is 3.31. The Morgan fingerprint density at radius 2 is 1.81 bits per heavy atom. The van der Waals surface area contributed by atoms with Crippen LogP contribution in [0, 0.1) is 17.8 Å². The summed E-state index contributed by atoms with van der Waals surface area (Å²) in [5.74, 6) is 3.33. The lowest BCUT2D eigenvalue weighted by Crippen LogP contribution is -2.41. The summed E-state index contributed by atoms with van der Waals surface area (Å²) >= 11 is 0. The average molecular weight is 515 g/mol. The van der Waals surface area contributed by atoms with Gasteiger partial charge in [0.2, 0.25) is 11.7 Å². The molecule has 208 valence electrons. The summed E-state index contributed by atoms with van der Waals surface area (Å²) < 4.78 is 0. The highest BCUT2D eigenvalue weighted by atomic mass is 16.4. The Hall–Kier alpha value is -2.42.